The Morgan fingerprint density at radius 2 is 1.37 bits per heavy atom. The van der Waals surface area contributed by atoms with E-state index in [1.54, 1.807) is 12.1 Å². The van der Waals surface area contributed by atoms with Crippen LogP contribution in [0.3, 0.4) is 0 Å². The maximum absolute atomic E-state index is 15.5. The first-order valence-corrected chi connectivity index (χ1v) is 13.4. The lowest BCUT2D eigenvalue weighted by molar-refractivity contribution is -0.187. The first kappa shape index (κ1) is 28.9. The number of alkyl halides is 2. The van der Waals surface area contributed by atoms with Gasteiger partial charge >= 0.3 is 6.11 Å². The molecule has 41 heavy (non-hydrogen) atoms. The predicted octanol–water partition coefficient (Wildman–Crippen LogP) is 10.5. The Balaban J connectivity index is 1.42. The Kier molecular flexibility index (Phi) is 7.99. The molecule has 1 fully saturated rings. The molecule has 9 heteroatoms. The molecule has 4 aromatic rings. The van der Waals surface area contributed by atoms with Gasteiger partial charge in [0.25, 0.3) is 0 Å². The summed E-state index contributed by atoms with van der Waals surface area (Å²) in [5.41, 5.74) is 0.0867. The van der Waals surface area contributed by atoms with E-state index in [0.29, 0.717) is 17.5 Å². The van der Waals surface area contributed by atoms with Gasteiger partial charge in [-0.25, -0.2) is 22.0 Å². The molecule has 5 rings (SSSR count). The molecule has 0 unspecified atom stereocenters. The summed E-state index contributed by atoms with van der Waals surface area (Å²) in [5.74, 6) is -10.8. The first-order chi connectivity index (χ1) is 19.5. The van der Waals surface area contributed by atoms with E-state index in [9.17, 15) is 26.3 Å². The highest BCUT2D eigenvalue weighted by Gasteiger charge is 2.38. The van der Waals surface area contributed by atoms with Gasteiger partial charge in [0.15, 0.2) is 29.0 Å². The van der Waals surface area contributed by atoms with Crippen LogP contribution in [0, 0.1) is 40.8 Å². The molecule has 1 aliphatic carbocycles. The number of hydrogen-bond donors (Lipinski definition) is 0. The van der Waals surface area contributed by atoms with Crippen molar-refractivity contribution in [3.63, 3.8) is 0 Å². The van der Waals surface area contributed by atoms with Crippen molar-refractivity contribution in [1.29, 1.82) is 0 Å². The Bertz CT molecular complexity index is 1550. The van der Waals surface area contributed by atoms with E-state index >= 15 is 8.78 Å². The quantitative estimate of drug-likeness (QED) is 0.157. The minimum Gasteiger partial charge on any atom is -0.426 e. The smallest absolute Gasteiger partial charge is 0.426 e. The molecular formula is C32H26F8O. The van der Waals surface area contributed by atoms with Crippen LogP contribution in [-0.2, 0) is 6.11 Å². The van der Waals surface area contributed by atoms with Crippen LogP contribution in [0.25, 0.3) is 21.9 Å². The van der Waals surface area contributed by atoms with Crippen molar-refractivity contribution in [2.24, 2.45) is 5.92 Å². The fourth-order valence-electron chi connectivity index (χ4n) is 5.70. The molecule has 0 aliphatic heterocycles. The van der Waals surface area contributed by atoms with Gasteiger partial charge in [0.1, 0.15) is 5.82 Å². The number of hydrogen-bond acceptors (Lipinski definition) is 1. The largest absolute Gasteiger partial charge is 0.427 e. The van der Waals surface area contributed by atoms with Gasteiger partial charge < -0.3 is 4.74 Å². The van der Waals surface area contributed by atoms with Gasteiger partial charge in [-0.1, -0.05) is 56.2 Å². The molecule has 0 bridgehead atoms. The van der Waals surface area contributed by atoms with Crippen LogP contribution < -0.4 is 4.74 Å². The van der Waals surface area contributed by atoms with Gasteiger partial charge in [0.05, 0.1) is 10.9 Å². The summed E-state index contributed by atoms with van der Waals surface area (Å²) in [7, 11) is 0. The van der Waals surface area contributed by atoms with Crippen LogP contribution in [0.15, 0.2) is 54.6 Å². The van der Waals surface area contributed by atoms with E-state index in [0.717, 1.165) is 24.3 Å². The highest BCUT2D eigenvalue weighted by molar-refractivity contribution is 5.90. The van der Waals surface area contributed by atoms with Crippen LogP contribution >= 0.6 is 0 Å². The molecule has 0 heterocycles. The lowest BCUT2D eigenvalue weighted by Crippen LogP contribution is -2.23. The maximum Gasteiger partial charge on any atom is 0.427 e. The van der Waals surface area contributed by atoms with Gasteiger partial charge in [0, 0.05) is 5.56 Å². The van der Waals surface area contributed by atoms with Gasteiger partial charge in [-0.3, -0.25) is 0 Å². The summed E-state index contributed by atoms with van der Waals surface area (Å²) >= 11 is 0. The zero-order chi connectivity index (χ0) is 29.5. The number of fused-ring (bicyclic) bond motifs is 1. The SMILES string of the molecule is CCCC1CCC(c2ccc(-c3ccc4cc(OC(F)(F)c5cc(F)c(F)c(F)c5)c(F)c(F)c4c3F)cc2)CC1. The molecule has 0 saturated heterocycles. The second-order valence-corrected chi connectivity index (χ2v) is 10.5. The monoisotopic (exact) mass is 578 g/mol. The summed E-state index contributed by atoms with van der Waals surface area (Å²) in [4.78, 5) is 0. The highest BCUT2D eigenvalue weighted by Crippen LogP contribution is 2.41. The van der Waals surface area contributed by atoms with Gasteiger partial charge in [0.2, 0.25) is 5.82 Å². The number of ether oxygens (including phenoxy) is 1. The number of rotatable bonds is 7. The van der Waals surface area contributed by atoms with E-state index in [1.165, 1.54) is 37.8 Å². The third-order valence-corrected chi connectivity index (χ3v) is 7.88. The summed E-state index contributed by atoms with van der Waals surface area (Å²) < 4.78 is 119. The molecule has 0 atom stereocenters. The molecule has 1 nitrogen and oxygen atoms in total. The maximum atomic E-state index is 15.5. The number of benzene rings is 4. The molecule has 0 radical (unpaired) electrons. The average molecular weight is 579 g/mol. The Hall–Kier alpha value is -3.62. The first-order valence-electron chi connectivity index (χ1n) is 13.4. The van der Waals surface area contributed by atoms with Crippen molar-refractivity contribution in [1.82, 2.24) is 0 Å². The second-order valence-electron chi connectivity index (χ2n) is 10.5. The Morgan fingerprint density at radius 3 is 1.98 bits per heavy atom. The summed E-state index contributed by atoms with van der Waals surface area (Å²) in [6.07, 6.45) is 2.31. The van der Waals surface area contributed by atoms with Crippen molar-refractivity contribution in [2.75, 3.05) is 0 Å². The van der Waals surface area contributed by atoms with Crippen LogP contribution in [0.5, 0.6) is 5.75 Å². The van der Waals surface area contributed by atoms with Crippen LogP contribution in [0.2, 0.25) is 0 Å². The van der Waals surface area contributed by atoms with Crippen molar-refractivity contribution < 1.29 is 39.9 Å². The van der Waals surface area contributed by atoms with Crippen molar-refractivity contribution in [3.05, 3.63) is 101 Å². The third kappa shape index (κ3) is 5.63. The Morgan fingerprint density at radius 1 is 0.732 bits per heavy atom. The van der Waals surface area contributed by atoms with Gasteiger partial charge in [-0.2, -0.15) is 13.2 Å². The summed E-state index contributed by atoms with van der Waals surface area (Å²) in [6, 6.07) is 10.4. The van der Waals surface area contributed by atoms with E-state index in [1.807, 2.05) is 12.1 Å². The predicted molar refractivity (Wildman–Crippen MR) is 140 cm³/mol. The van der Waals surface area contributed by atoms with Crippen molar-refractivity contribution >= 4 is 10.8 Å². The van der Waals surface area contributed by atoms with E-state index in [-0.39, 0.29) is 23.1 Å². The van der Waals surface area contributed by atoms with Crippen LogP contribution in [0.1, 0.15) is 62.5 Å². The lowest BCUT2D eigenvalue weighted by atomic mass is 9.77. The molecule has 0 amide bonds. The van der Waals surface area contributed by atoms with E-state index in [2.05, 4.69) is 11.7 Å². The number of halogens is 8. The summed E-state index contributed by atoms with van der Waals surface area (Å²) in [6.45, 7) is 2.19. The van der Waals surface area contributed by atoms with Gasteiger partial charge in [-0.05, 0) is 72.2 Å². The zero-order valence-corrected chi connectivity index (χ0v) is 22.0. The lowest BCUT2D eigenvalue weighted by Gasteiger charge is -2.28. The highest BCUT2D eigenvalue weighted by atomic mass is 19.3. The molecule has 1 saturated carbocycles. The van der Waals surface area contributed by atoms with E-state index < -0.39 is 57.7 Å². The van der Waals surface area contributed by atoms with Gasteiger partial charge in [-0.15, -0.1) is 0 Å². The minimum absolute atomic E-state index is 0.00901. The molecule has 216 valence electrons. The average Bonchev–Trinajstić information content (AvgIpc) is 2.95. The fourth-order valence-corrected chi connectivity index (χ4v) is 5.70. The summed E-state index contributed by atoms with van der Waals surface area (Å²) in [5, 5.41) is -1.05. The van der Waals surface area contributed by atoms with Crippen LogP contribution in [-0.4, -0.2) is 0 Å². The molecule has 0 aromatic heterocycles. The molecule has 0 N–H and O–H groups in total. The molecule has 4 aromatic carbocycles. The van der Waals surface area contributed by atoms with Crippen LogP contribution in [0.4, 0.5) is 35.1 Å². The second kappa shape index (κ2) is 11.3. The molecule has 0 spiro atoms. The standard InChI is InChI=1S/C32H26F8O/c1-2-3-17-4-6-18(7-5-17)19-8-10-20(11-9-19)23-13-12-21-14-26(30(37)31(38)27(21)28(23)35)41-32(39,40)22-15-24(33)29(36)25(34)16-22/h8-18H,2-7H2,1H3. The molecular weight excluding hydrogens is 552 g/mol. The molecule has 1 aliphatic rings. The van der Waals surface area contributed by atoms with Crippen molar-refractivity contribution in [2.45, 2.75) is 57.5 Å². The van der Waals surface area contributed by atoms with E-state index in [4.69, 9.17) is 0 Å². The minimum atomic E-state index is -4.58. The Labute approximate surface area is 231 Å². The normalized spacial score (nSPS) is 17.7. The zero-order valence-electron chi connectivity index (χ0n) is 22.0. The van der Waals surface area contributed by atoms with Crippen molar-refractivity contribution in [3.8, 4) is 16.9 Å². The third-order valence-electron chi connectivity index (χ3n) is 7.88. The topological polar surface area (TPSA) is 9.23 Å². The fraction of sp³-hybridized carbons (Fsp3) is 0.312.